The number of amides is 3. The second kappa shape index (κ2) is 10.3. The Balaban J connectivity index is 1.17. The van der Waals surface area contributed by atoms with Crippen LogP contribution < -0.4 is 15.4 Å². The van der Waals surface area contributed by atoms with Crippen molar-refractivity contribution in [3.63, 3.8) is 0 Å². The number of thiazole rings is 1. The first-order chi connectivity index (χ1) is 17.1. The third-order valence-corrected chi connectivity index (χ3v) is 6.83. The van der Waals surface area contributed by atoms with Crippen molar-refractivity contribution in [2.45, 2.75) is 37.8 Å². The van der Waals surface area contributed by atoms with E-state index in [1.54, 1.807) is 29.2 Å². The molecule has 2 N–H and O–H groups in total. The van der Waals surface area contributed by atoms with Crippen molar-refractivity contribution in [2.75, 3.05) is 18.5 Å². The SMILES string of the molecule is O=C(NC1CC1)c1ccc(-c2csc(NC(=O)[C@H]3CCCN3C(=O)COc3ccccc3)n2)cc1. The first kappa shape index (κ1) is 23.0. The minimum absolute atomic E-state index is 0.0601. The smallest absolute Gasteiger partial charge is 0.261 e. The Labute approximate surface area is 207 Å². The lowest BCUT2D eigenvalue weighted by molar-refractivity contribution is -0.138. The summed E-state index contributed by atoms with van der Waals surface area (Å²) in [6.07, 6.45) is 3.46. The molecule has 2 aromatic carbocycles. The van der Waals surface area contributed by atoms with Gasteiger partial charge in [-0.2, -0.15) is 0 Å². The highest BCUT2D eigenvalue weighted by Crippen LogP contribution is 2.27. The van der Waals surface area contributed by atoms with Crippen molar-refractivity contribution in [2.24, 2.45) is 0 Å². The van der Waals surface area contributed by atoms with Crippen molar-refractivity contribution in [3.05, 3.63) is 65.5 Å². The average Bonchev–Trinajstić information content (AvgIpc) is 3.35. The highest BCUT2D eigenvalue weighted by Gasteiger charge is 2.34. The molecule has 35 heavy (non-hydrogen) atoms. The van der Waals surface area contributed by atoms with Gasteiger partial charge < -0.3 is 20.3 Å². The number of carbonyl (C=O) groups excluding carboxylic acids is 3. The zero-order valence-corrected chi connectivity index (χ0v) is 19.9. The number of benzene rings is 2. The largest absolute Gasteiger partial charge is 0.484 e. The second-order valence-corrected chi connectivity index (χ2v) is 9.56. The van der Waals surface area contributed by atoms with Crippen molar-refractivity contribution >= 4 is 34.2 Å². The van der Waals surface area contributed by atoms with Crippen LogP contribution in [0.5, 0.6) is 5.75 Å². The third-order valence-electron chi connectivity index (χ3n) is 6.07. The molecule has 3 amide bonds. The quantitative estimate of drug-likeness (QED) is 0.501. The van der Waals surface area contributed by atoms with E-state index in [0.29, 0.717) is 35.5 Å². The monoisotopic (exact) mass is 490 g/mol. The Hall–Kier alpha value is -3.72. The summed E-state index contributed by atoms with van der Waals surface area (Å²) in [6.45, 7) is 0.419. The number of hydrogen-bond donors (Lipinski definition) is 2. The fraction of sp³-hybridized carbons (Fsp3) is 0.308. The number of nitrogens with one attached hydrogen (secondary N) is 2. The van der Waals surface area contributed by atoms with E-state index in [4.69, 9.17) is 4.74 Å². The normalized spacial score (nSPS) is 17.1. The predicted molar refractivity (Wildman–Crippen MR) is 133 cm³/mol. The minimum Gasteiger partial charge on any atom is -0.484 e. The van der Waals surface area contributed by atoms with Crippen LogP contribution in [-0.2, 0) is 9.59 Å². The number of aromatic nitrogens is 1. The number of nitrogens with zero attached hydrogens (tertiary/aromatic N) is 2. The number of anilines is 1. The maximum atomic E-state index is 12.9. The van der Waals surface area contributed by atoms with Crippen LogP contribution in [0.2, 0.25) is 0 Å². The van der Waals surface area contributed by atoms with Crippen molar-refractivity contribution in [3.8, 4) is 17.0 Å². The minimum atomic E-state index is -0.543. The summed E-state index contributed by atoms with van der Waals surface area (Å²) in [5.74, 6) is 0.101. The third kappa shape index (κ3) is 5.68. The summed E-state index contributed by atoms with van der Waals surface area (Å²) in [7, 11) is 0. The van der Waals surface area contributed by atoms with Crippen LogP contribution in [0.15, 0.2) is 60.0 Å². The van der Waals surface area contributed by atoms with Gasteiger partial charge in [-0.3, -0.25) is 14.4 Å². The molecule has 3 aromatic rings. The Bertz CT molecular complexity index is 1210. The van der Waals surface area contributed by atoms with Gasteiger partial charge in [0.2, 0.25) is 5.91 Å². The molecule has 1 saturated heterocycles. The van der Waals surface area contributed by atoms with Gasteiger partial charge in [0.1, 0.15) is 11.8 Å². The molecule has 1 saturated carbocycles. The van der Waals surface area contributed by atoms with E-state index >= 15 is 0 Å². The Kier molecular flexibility index (Phi) is 6.76. The van der Waals surface area contributed by atoms with Gasteiger partial charge in [0.15, 0.2) is 11.7 Å². The summed E-state index contributed by atoms with van der Waals surface area (Å²) in [4.78, 5) is 43.9. The lowest BCUT2D eigenvalue weighted by Gasteiger charge is -2.23. The zero-order valence-electron chi connectivity index (χ0n) is 19.1. The average molecular weight is 491 g/mol. The van der Waals surface area contributed by atoms with Gasteiger partial charge in [-0.1, -0.05) is 30.3 Å². The molecule has 1 aliphatic carbocycles. The Morgan fingerprint density at radius 2 is 1.80 bits per heavy atom. The molecule has 5 rings (SSSR count). The predicted octanol–water partition coefficient (Wildman–Crippen LogP) is 3.71. The molecule has 1 aromatic heterocycles. The van der Waals surface area contributed by atoms with Crippen molar-refractivity contribution in [1.82, 2.24) is 15.2 Å². The summed E-state index contributed by atoms with van der Waals surface area (Å²) in [5.41, 5.74) is 2.20. The molecule has 2 fully saturated rings. The molecule has 2 aliphatic rings. The molecule has 0 bridgehead atoms. The number of rotatable bonds is 8. The Morgan fingerprint density at radius 1 is 1.03 bits per heavy atom. The van der Waals surface area contributed by atoms with Crippen LogP contribution in [0.25, 0.3) is 11.3 Å². The first-order valence-electron chi connectivity index (χ1n) is 11.7. The van der Waals surface area contributed by atoms with Gasteiger partial charge in [-0.05, 0) is 49.9 Å². The van der Waals surface area contributed by atoms with E-state index in [1.165, 1.54) is 11.3 Å². The lowest BCUT2D eigenvalue weighted by Crippen LogP contribution is -2.45. The zero-order chi connectivity index (χ0) is 24.2. The van der Waals surface area contributed by atoms with E-state index in [2.05, 4.69) is 15.6 Å². The van der Waals surface area contributed by atoms with E-state index in [1.807, 2.05) is 35.7 Å². The van der Waals surface area contributed by atoms with Crippen LogP contribution >= 0.6 is 11.3 Å². The lowest BCUT2D eigenvalue weighted by atomic mass is 10.1. The summed E-state index contributed by atoms with van der Waals surface area (Å²) >= 11 is 1.33. The fourth-order valence-electron chi connectivity index (χ4n) is 4.02. The van der Waals surface area contributed by atoms with Crippen LogP contribution in [0.1, 0.15) is 36.0 Å². The molecule has 2 heterocycles. The van der Waals surface area contributed by atoms with E-state index < -0.39 is 6.04 Å². The Morgan fingerprint density at radius 3 is 2.54 bits per heavy atom. The van der Waals surface area contributed by atoms with Gasteiger partial charge >= 0.3 is 0 Å². The highest BCUT2D eigenvalue weighted by molar-refractivity contribution is 7.14. The summed E-state index contributed by atoms with van der Waals surface area (Å²) in [6, 6.07) is 16.2. The molecule has 180 valence electrons. The van der Waals surface area contributed by atoms with Gasteiger partial charge in [-0.25, -0.2) is 4.98 Å². The standard InChI is InChI=1S/C26H26N4O4S/c31-23(15-34-20-5-2-1-3-6-20)30-14-4-7-22(30)25(33)29-26-28-21(16-35-26)17-8-10-18(11-9-17)24(32)27-19-12-13-19/h1-3,5-6,8-11,16,19,22H,4,7,12-15H2,(H,27,32)(H,28,29,33)/t22-/m1/s1. The summed E-state index contributed by atoms with van der Waals surface area (Å²) < 4.78 is 5.57. The van der Waals surface area contributed by atoms with Crippen LogP contribution in [0, 0.1) is 0 Å². The van der Waals surface area contributed by atoms with Crippen LogP contribution in [-0.4, -0.2) is 52.8 Å². The van der Waals surface area contributed by atoms with Crippen molar-refractivity contribution in [1.29, 1.82) is 0 Å². The highest BCUT2D eigenvalue weighted by atomic mass is 32.1. The van der Waals surface area contributed by atoms with Gasteiger partial charge in [0, 0.05) is 29.1 Å². The number of para-hydroxylation sites is 1. The molecular weight excluding hydrogens is 464 g/mol. The maximum Gasteiger partial charge on any atom is 0.261 e. The van der Waals surface area contributed by atoms with Crippen LogP contribution in [0.3, 0.4) is 0 Å². The molecule has 8 nitrogen and oxygen atoms in total. The second-order valence-electron chi connectivity index (χ2n) is 8.70. The molecule has 0 spiro atoms. The van der Waals surface area contributed by atoms with Gasteiger partial charge in [-0.15, -0.1) is 11.3 Å². The number of likely N-dealkylation sites (tertiary alicyclic amines) is 1. The molecule has 9 heteroatoms. The fourth-order valence-corrected chi connectivity index (χ4v) is 4.75. The van der Waals surface area contributed by atoms with E-state index in [9.17, 15) is 14.4 Å². The maximum absolute atomic E-state index is 12.9. The molecule has 1 atom stereocenters. The first-order valence-corrected chi connectivity index (χ1v) is 12.6. The van der Waals surface area contributed by atoms with E-state index in [0.717, 1.165) is 30.5 Å². The van der Waals surface area contributed by atoms with Crippen LogP contribution in [0.4, 0.5) is 5.13 Å². The topological polar surface area (TPSA) is 101 Å². The van der Waals surface area contributed by atoms with E-state index in [-0.39, 0.29) is 24.3 Å². The molecule has 0 unspecified atom stereocenters. The van der Waals surface area contributed by atoms with Crippen molar-refractivity contribution < 1.29 is 19.1 Å². The number of hydrogen-bond acceptors (Lipinski definition) is 6. The molecule has 0 radical (unpaired) electrons. The molecule has 1 aliphatic heterocycles. The van der Waals surface area contributed by atoms with Gasteiger partial charge in [0.25, 0.3) is 11.8 Å². The molecular formula is C26H26N4O4S. The van der Waals surface area contributed by atoms with Gasteiger partial charge in [0.05, 0.1) is 5.69 Å². The number of ether oxygens (including phenoxy) is 1. The summed E-state index contributed by atoms with van der Waals surface area (Å²) in [5, 5.41) is 8.17. The number of carbonyl (C=O) groups is 3.